The molecule has 5 rings (SSSR count). The summed E-state index contributed by atoms with van der Waals surface area (Å²) in [5.41, 5.74) is 5.14. The van der Waals surface area contributed by atoms with Crippen LogP contribution < -0.4 is 10.6 Å². The van der Waals surface area contributed by atoms with Gasteiger partial charge < -0.3 is 10.6 Å². The van der Waals surface area contributed by atoms with Gasteiger partial charge in [0.2, 0.25) is 0 Å². The standard InChI is InChI=1S/C31H31N3O2S2/c1-3-37-25-15-13-23(14-16-25)28-29(30(36)32-19-22-7-5-4-6-8-22)38-31(34-28)33-26-18-24(12-9-20(26)2)27(35)17-21-10-11-21/h4-9,12-16,18,21H,3,10-11,17,19H2,1-2H3,(H,32,36)(H,33,34). The van der Waals surface area contributed by atoms with Gasteiger partial charge in [-0.25, -0.2) is 4.98 Å². The molecule has 1 aliphatic rings. The lowest BCUT2D eigenvalue weighted by Crippen LogP contribution is -2.22. The van der Waals surface area contributed by atoms with Crippen LogP contribution in [0, 0.1) is 12.8 Å². The minimum atomic E-state index is -0.161. The van der Waals surface area contributed by atoms with Crippen molar-refractivity contribution in [2.75, 3.05) is 11.1 Å². The van der Waals surface area contributed by atoms with Crippen molar-refractivity contribution in [2.24, 2.45) is 5.92 Å². The first-order valence-corrected chi connectivity index (χ1v) is 14.8. The van der Waals surface area contributed by atoms with E-state index in [9.17, 15) is 9.59 Å². The van der Waals surface area contributed by atoms with Crippen molar-refractivity contribution in [3.05, 3.63) is 94.4 Å². The van der Waals surface area contributed by atoms with Crippen molar-refractivity contribution in [3.63, 3.8) is 0 Å². The van der Waals surface area contributed by atoms with Gasteiger partial charge in [0.15, 0.2) is 10.9 Å². The molecular weight excluding hydrogens is 510 g/mol. The van der Waals surface area contributed by atoms with Gasteiger partial charge in [0.05, 0.1) is 5.69 Å². The molecule has 5 nitrogen and oxygen atoms in total. The molecular formula is C31H31N3O2S2. The molecule has 7 heteroatoms. The van der Waals surface area contributed by atoms with Gasteiger partial charge in [-0.05, 0) is 60.8 Å². The number of nitrogens with zero attached hydrogens (tertiary/aromatic N) is 1. The van der Waals surface area contributed by atoms with Gasteiger partial charge in [-0.1, -0.05) is 72.9 Å². The van der Waals surface area contributed by atoms with Crippen molar-refractivity contribution in [3.8, 4) is 11.3 Å². The predicted molar refractivity (Wildman–Crippen MR) is 158 cm³/mol. The molecule has 0 aliphatic heterocycles. The number of carbonyl (C=O) groups is 2. The fourth-order valence-corrected chi connectivity index (χ4v) is 5.78. The number of aryl methyl sites for hydroxylation is 1. The van der Waals surface area contributed by atoms with Crippen LogP contribution in [0.3, 0.4) is 0 Å². The minimum absolute atomic E-state index is 0.161. The Morgan fingerprint density at radius 2 is 1.79 bits per heavy atom. The molecule has 3 aromatic carbocycles. The van der Waals surface area contributed by atoms with E-state index in [1.807, 2.05) is 67.6 Å². The van der Waals surface area contributed by atoms with Gasteiger partial charge in [0.25, 0.3) is 5.91 Å². The van der Waals surface area contributed by atoms with Gasteiger partial charge in [-0.15, -0.1) is 11.8 Å². The number of aromatic nitrogens is 1. The van der Waals surface area contributed by atoms with Crippen LogP contribution in [0.15, 0.2) is 77.7 Å². The molecule has 4 aromatic rings. The number of hydrogen-bond acceptors (Lipinski definition) is 6. The summed E-state index contributed by atoms with van der Waals surface area (Å²) in [5, 5.41) is 7.06. The Kier molecular flexibility index (Phi) is 8.25. The van der Waals surface area contributed by atoms with Gasteiger partial charge in [0, 0.05) is 34.7 Å². The highest BCUT2D eigenvalue weighted by Gasteiger charge is 2.25. The summed E-state index contributed by atoms with van der Waals surface area (Å²) in [4.78, 5) is 32.7. The highest BCUT2D eigenvalue weighted by atomic mass is 32.2. The molecule has 1 saturated carbocycles. The summed E-state index contributed by atoms with van der Waals surface area (Å²) in [5.74, 6) is 1.56. The third-order valence-corrected chi connectivity index (χ3v) is 8.40. The van der Waals surface area contributed by atoms with Crippen LogP contribution in [0.2, 0.25) is 0 Å². The van der Waals surface area contributed by atoms with E-state index in [1.165, 1.54) is 16.2 Å². The van der Waals surface area contributed by atoms with Crippen LogP contribution in [0.5, 0.6) is 0 Å². The number of rotatable bonds is 11. The number of amides is 1. The first-order chi connectivity index (χ1) is 18.5. The summed E-state index contributed by atoms with van der Waals surface area (Å²) in [6.07, 6.45) is 2.91. The summed E-state index contributed by atoms with van der Waals surface area (Å²) >= 11 is 3.10. The Hall–Kier alpha value is -3.42. The van der Waals surface area contributed by atoms with E-state index in [0.717, 1.165) is 41.0 Å². The Labute approximate surface area is 232 Å². The largest absolute Gasteiger partial charge is 0.347 e. The summed E-state index contributed by atoms with van der Waals surface area (Å²) in [6, 6.07) is 23.8. The number of ketones is 1. The van der Waals surface area contributed by atoms with Crippen LogP contribution in [-0.4, -0.2) is 22.4 Å². The van der Waals surface area contributed by atoms with Crippen LogP contribution in [0.25, 0.3) is 11.3 Å². The van der Waals surface area contributed by atoms with Crippen LogP contribution in [-0.2, 0) is 6.54 Å². The first kappa shape index (κ1) is 26.2. The van der Waals surface area contributed by atoms with E-state index < -0.39 is 0 Å². The second-order valence-corrected chi connectivity index (χ2v) is 11.9. The zero-order chi connectivity index (χ0) is 26.5. The zero-order valence-electron chi connectivity index (χ0n) is 21.6. The number of nitrogens with one attached hydrogen (secondary N) is 2. The quantitative estimate of drug-likeness (QED) is 0.149. The van der Waals surface area contributed by atoms with Crippen molar-refractivity contribution in [1.82, 2.24) is 10.3 Å². The third kappa shape index (κ3) is 6.52. The molecule has 0 bridgehead atoms. The predicted octanol–water partition coefficient (Wildman–Crippen LogP) is 7.89. The molecule has 0 saturated heterocycles. The van der Waals surface area contributed by atoms with Crippen molar-refractivity contribution in [1.29, 1.82) is 0 Å². The molecule has 1 fully saturated rings. The molecule has 2 N–H and O–H groups in total. The van der Waals surface area contributed by atoms with Crippen molar-refractivity contribution in [2.45, 2.75) is 44.6 Å². The number of benzene rings is 3. The number of anilines is 2. The Bertz CT molecular complexity index is 1430. The fraction of sp³-hybridized carbons (Fsp3) is 0.258. The van der Waals surface area contributed by atoms with E-state index in [1.54, 1.807) is 11.8 Å². The SMILES string of the molecule is CCSc1ccc(-c2nc(Nc3cc(C(=O)CC4CC4)ccc3C)sc2C(=O)NCc2ccccc2)cc1. The van der Waals surface area contributed by atoms with Crippen LogP contribution in [0.4, 0.5) is 10.8 Å². The van der Waals surface area contributed by atoms with Gasteiger partial charge in [0.1, 0.15) is 4.88 Å². The molecule has 0 radical (unpaired) electrons. The molecule has 1 amide bonds. The average Bonchev–Trinajstić information content (AvgIpc) is 3.65. The van der Waals surface area contributed by atoms with Gasteiger partial charge in [-0.2, -0.15) is 0 Å². The monoisotopic (exact) mass is 541 g/mol. The Balaban J connectivity index is 1.42. The number of Topliss-reactive ketones (excluding diaryl/α,β-unsaturated/α-hetero) is 1. The van der Waals surface area contributed by atoms with E-state index in [4.69, 9.17) is 4.98 Å². The van der Waals surface area contributed by atoms with E-state index >= 15 is 0 Å². The zero-order valence-corrected chi connectivity index (χ0v) is 23.3. The highest BCUT2D eigenvalue weighted by molar-refractivity contribution is 7.99. The normalized spacial score (nSPS) is 12.8. The third-order valence-electron chi connectivity index (χ3n) is 6.54. The highest BCUT2D eigenvalue weighted by Crippen LogP contribution is 2.36. The summed E-state index contributed by atoms with van der Waals surface area (Å²) in [6.45, 7) is 4.57. The number of carbonyl (C=O) groups excluding carboxylic acids is 2. The van der Waals surface area contributed by atoms with Crippen molar-refractivity contribution < 1.29 is 9.59 Å². The second kappa shape index (κ2) is 12.0. The van der Waals surface area contributed by atoms with E-state index in [-0.39, 0.29) is 11.7 Å². The number of thiazole rings is 1. The lowest BCUT2D eigenvalue weighted by Gasteiger charge is -2.09. The molecule has 194 valence electrons. The molecule has 38 heavy (non-hydrogen) atoms. The summed E-state index contributed by atoms with van der Waals surface area (Å²) < 4.78 is 0. The smallest absolute Gasteiger partial charge is 0.264 e. The minimum Gasteiger partial charge on any atom is -0.347 e. The molecule has 0 atom stereocenters. The maximum Gasteiger partial charge on any atom is 0.264 e. The fourth-order valence-electron chi connectivity index (χ4n) is 4.20. The van der Waals surface area contributed by atoms with Gasteiger partial charge >= 0.3 is 0 Å². The molecule has 1 aromatic heterocycles. The lowest BCUT2D eigenvalue weighted by atomic mass is 10.0. The van der Waals surface area contributed by atoms with E-state index in [0.29, 0.717) is 40.1 Å². The topological polar surface area (TPSA) is 71.1 Å². The maximum atomic E-state index is 13.3. The first-order valence-electron chi connectivity index (χ1n) is 13.0. The summed E-state index contributed by atoms with van der Waals surface area (Å²) in [7, 11) is 0. The second-order valence-electron chi connectivity index (χ2n) is 9.55. The lowest BCUT2D eigenvalue weighted by molar-refractivity contribution is 0.0952. The molecule has 1 heterocycles. The molecule has 0 unspecified atom stereocenters. The average molecular weight is 542 g/mol. The number of thioether (sulfide) groups is 1. The van der Waals surface area contributed by atoms with Crippen LogP contribution in [0.1, 0.15) is 57.3 Å². The number of hydrogen-bond donors (Lipinski definition) is 2. The Morgan fingerprint density at radius 3 is 2.50 bits per heavy atom. The maximum absolute atomic E-state index is 13.3. The Morgan fingerprint density at radius 1 is 1.03 bits per heavy atom. The van der Waals surface area contributed by atoms with Crippen molar-refractivity contribution >= 4 is 45.6 Å². The van der Waals surface area contributed by atoms with Gasteiger partial charge in [-0.3, -0.25) is 9.59 Å². The molecule has 0 spiro atoms. The van der Waals surface area contributed by atoms with E-state index in [2.05, 4.69) is 29.7 Å². The van der Waals surface area contributed by atoms with Crippen LogP contribution >= 0.6 is 23.1 Å². The molecule has 1 aliphatic carbocycles.